The van der Waals surface area contributed by atoms with Crippen molar-refractivity contribution in [1.82, 2.24) is 0 Å². The number of hydrogen-bond acceptors (Lipinski definition) is 5. The number of methoxy groups -OCH3 is 1. The van der Waals surface area contributed by atoms with Crippen LogP contribution in [0.5, 0.6) is 11.5 Å². The predicted molar refractivity (Wildman–Crippen MR) is 81.7 cm³/mol. The molecule has 21 heavy (non-hydrogen) atoms. The number of esters is 1. The second-order valence-electron chi connectivity index (χ2n) is 5.24. The number of benzene rings is 1. The number of aryl methyl sites for hydroxylation is 1. The van der Waals surface area contributed by atoms with Crippen LogP contribution >= 0.6 is 0 Å². The maximum Gasteiger partial charge on any atom is 0.325 e. The van der Waals surface area contributed by atoms with Crippen molar-refractivity contribution < 1.29 is 19.0 Å². The highest BCUT2D eigenvalue weighted by molar-refractivity contribution is 5.79. The van der Waals surface area contributed by atoms with E-state index in [9.17, 15) is 4.79 Å². The molecule has 118 valence electrons. The molecule has 1 atom stereocenters. The van der Waals surface area contributed by atoms with E-state index in [2.05, 4.69) is 0 Å². The van der Waals surface area contributed by atoms with Gasteiger partial charge in [-0.15, -0.1) is 0 Å². The standard InChI is InChI=1S/C16H25NO4/c1-5-20-15(18)16(3,17)9-6-10-21-13-8-7-12(2)11-14(13)19-4/h7-8,11H,5-6,9-10,17H2,1-4H3. The molecule has 5 nitrogen and oxygen atoms in total. The van der Waals surface area contributed by atoms with Crippen LogP contribution in [0.1, 0.15) is 32.3 Å². The van der Waals surface area contributed by atoms with Crippen molar-refractivity contribution in [2.75, 3.05) is 20.3 Å². The summed E-state index contributed by atoms with van der Waals surface area (Å²) in [6, 6.07) is 5.76. The minimum atomic E-state index is -0.975. The van der Waals surface area contributed by atoms with Gasteiger partial charge in [0.1, 0.15) is 5.54 Å². The van der Waals surface area contributed by atoms with Crippen molar-refractivity contribution in [3.05, 3.63) is 23.8 Å². The van der Waals surface area contributed by atoms with Crippen molar-refractivity contribution in [2.24, 2.45) is 5.73 Å². The molecule has 1 rings (SSSR count). The fourth-order valence-corrected chi connectivity index (χ4v) is 1.91. The van der Waals surface area contributed by atoms with Crippen molar-refractivity contribution in [3.8, 4) is 11.5 Å². The molecule has 0 aliphatic rings. The molecule has 0 aliphatic heterocycles. The van der Waals surface area contributed by atoms with Gasteiger partial charge in [-0.25, -0.2) is 0 Å². The Morgan fingerprint density at radius 2 is 2.05 bits per heavy atom. The minimum absolute atomic E-state index is 0.336. The van der Waals surface area contributed by atoms with Gasteiger partial charge in [0.2, 0.25) is 0 Å². The summed E-state index contributed by atoms with van der Waals surface area (Å²) < 4.78 is 15.9. The zero-order valence-electron chi connectivity index (χ0n) is 13.3. The first kappa shape index (κ1) is 17.3. The molecule has 0 saturated heterocycles. The Labute approximate surface area is 126 Å². The summed E-state index contributed by atoms with van der Waals surface area (Å²) in [5.74, 6) is 1.02. The number of rotatable bonds is 8. The first-order valence-electron chi connectivity index (χ1n) is 7.14. The van der Waals surface area contributed by atoms with Crippen LogP contribution in [0.25, 0.3) is 0 Å². The van der Waals surface area contributed by atoms with E-state index < -0.39 is 5.54 Å². The van der Waals surface area contributed by atoms with Gasteiger partial charge in [-0.05, 0) is 51.3 Å². The molecule has 2 N–H and O–H groups in total. The summed E-state index contributed by atoms with van der Waals surface area (Å²) in [6.45, 7) is 6.23. The van der Waals surface area contributed by atoms with Gasteiger partial charge in [0.25, 0.3) is 0 Å². The van der Waals surface area contributed by atoms with E-state index in [0.717, 1.165) is 5.56 Å². The zero-order chi connectivity index (χ0) is 15.9. The fraction of sp³-hybridized carbons (Fsp3) is 0.562. The van der Waals surface area contributed by atoms with E-state index in [-0.39, 0.29) is 5.97 Å². The van der Waals surface area contributed by atoms with Gasteiger partial charge in [-0.1, -0.05) is 6.07 Å². The van der Waals surface area contributed by atoms with Gasteiger partial charge in [0.15, 0.2) is 11.5 Å². The molecule has 0 amide bonds. The summed E-state index contributed by atoms with van der Waals surface area (Å²) >= 11 is 0. The van der Waals surface area contributed by atoms with Crippen LogP contribution in [0.4, 0.5) is 0 Å². The summed E-state index contributed by atoms with van der Waals surface area (Å²) in [6.07, 6.45) is 1.16. The van der Waals surface area contributed by atoms with Gasteiger partial charge in [0, 0.05) is 0 Å². The third-order valence-corrected chi connectivity index (χ3v) is 3.16. The van der Waals surface area contributed by atoms with Crippen molar-refractivity contribution in [2.45, 2.75) is 39.2 Å². The number of carbonyl (C=O) groups is 1. The van der Waals surface area contributed by atoms with Gasteiger partial charge in [-0.2, -0.15) is 0 Å². The molecule has 1 unspecified atom stereocenters. The van der Waals surface area contributed by atoms with Gasteiger partial charge >= 0.3 is 5.97 Å². The number of ether oxygens (including phenoxy) is 3. The SMILES string of the molecule is CCOC(=O)C(C)(N)CCCOc1ccc(C)cc1OC. The summed E-state index contributed by atoms with van der Waals surface area (Å²) in [7, 11) is 1.61. The molecular weight excluding hydrogens is 270 g/mol. The molecule has 0 radical (unpaired) electrons. The largest absolute Gasteiger partial charge is 0.493 e. The Bertz CT molecular complexity index is 471. The van der Waals surface area contributed by atoms with E-state index in [1.807, 2.05) is 25.1 Å². The molecule has 0 fully saturated rings. The fourth-order valence-electron chi connectivity index (χ4n) is 1.91. The topological polar surface area (TPSA) is 70.8 Å². The Hall–Kier alpha value is -1.75. The number of hydrogen-bond donors (Lipinski definition) is 1. The van der Waals surface area contributed by atoms with Gasteiger partial charge in [0.05, 0.1) is 20.3 Å². The minimum Gasteiger partial charge on any atom is -0.493 e. The highest BCUT2D eigenvalue weighted by Gasteiger charge is 2.29. The quantitative estimate of drug-likeness (QED) is 0.589. The zero-order valence-corrected chi connectivity index (χ0v) is 13.3. The van der Waals surface area contributed by atoms with Crippen LogP contribution in [0.15, 0.2) is 18.2 Å². The Morgan fingerprint density at radius 1 is 1.33 bits per heavy atom. The van der Waals surface area contributed by atoms with E-state index in [4.69, 9.17) is 19.9 Å². The Balaban J connectivity index is 2.46. The normalized spacial score (nSPS) is 13.4. The lowest BCUT2D eigenvalue weighted by Gasteiger charge is -2.22. The van der Waals surface area contributed by atoms with E-state index in [0.29, 0.717) is 37.6 Å². The maximum absolute atomic E-state index is 11.7. The molecule has 0 spiro atoms. The third kappa shape index (κ3) is 5.27. The molecule has 0 saturated carbocycles. The van der Waals surface area contributed by atoms with Crippen LogP contribution in [0, 0.1) is 6.92 Å². The molecular formula is C16H25NO4. The maximum atomic E-state index is 11.7. The van der Waals surface area contributed by atoms with Crippen LogP contribution in [-0.2, 0) is 9.53 Å². The van der Waals surface area contributed by atoms with Crippen molar-refractivity contribution >= 4 is 5.97 Å². The number of nitrogens with two attached hydrogens (primary N) is 1. The first-order valence-corrected chi connectivity index (χ1v) is 7.14. The average molecular weight is 295 g/mol. The second kappa shape index (κ2) is 7.88. The monoisotopic (exact) mass is 295 g/mol. The lowest BCUT2D eigenvalue weighted by atomic mass is 9.98. The third-order valence-electron chi connectivity index (χ3n) is 3.16. The van der Waals surface area contributed by atoms with Crippen LogP contribution in [0.2, 0.25) is 0 Å². The highest BCUT2D eigenvalue weighted by Crippen LogP contribution is 2.28. The second-order valence-corrected chi connectivity index (χ2v) is 5.24. The predicted octanol–water partition coefficient (Wildman–Crippen LogP) is 2.44. The smallest absolute Gasteiger partial charge is 0.325 e. The van der Waals surface area contributed by atoms with E-state index in [1.54, 1.807) is 21.0 Å². The van der Waals surface area contributed by atoms with Gasteiger partial charge in [-0.3, -0.25) is 4.79 Å². The molecule has 1 aromatic rings. The summed E-state index contributed by atoms with van der Waals surface area (Å²) in [5.41, 5.74) is 6.08. The average Bonchev–Trinajstić information content (AvgIpc) is 2.44. The molecule has 1 aromatic carbocycles. The van der Waals surface area contributed by atoms with Crippen molar-refractivity contribution in [3.63, 3.8) is 0 Å². The van der Waals surface area contributed by atoms with Crippen LogP contribution in [0.3, 0.4) is 0 Å². The highest BCUT2D eigenvalue weighted by atomic mass is 16.5. The van der Waals surface area contributed by atoms with Crippen LogP contribution < -0.4 is 15.2 Å². The summed E-state index contributed by atoms with van der Waals surface area (Å²) in [5, 5.41) is 0. The molecule has 0 aliphatic carbocycles. The molecule has 0 heterocycles. The first-order chi connectivity index (χ1) is 9.90. The lowest BCUT2D eigenvalue weighted by molar-refractivity contribution is -0.149. The molecule has 5 heteroatoms. The lowest BCUT2D eigenvalue weighted by Crippen LogP contribution is -2.46. The Kier molecular flexibility index (Phi) is 6.49. The Morgan fingerprint density at radius 3 is 2.67 bits per heavy atom. The van der Waals surface area contributed by atoms with Gasteiger partial charge < -0.3 is 19.9 Å². The van der Waals surface area contributed by atoms with E-state index in [1.165, 1.54) is 0 Å². The molecule has 0 bridgehead atoms. The number of carbonyl (C=O) groups excluding carboxylic acids is 1. The van der Waals surface area contributed by atoms with Crippen LogP contribution in [-0.4, -0.2) is 31.8 Å². The molecule has 0 aromatic heterocycles. The van der Waals surface area contributed by atoms with E-state index >= 15 is 0 Å². The van der Waals surface area contributed by atoms with Crippen molar-refractivity contribution in [1.29, 1.82) is 0 Å². The summed E-state index contributed by atoms with van der Waals surface area (Å²) in [4.78, 5) is 11.7.